The van der Waals surface area contributed by atoms with E-state index in [1.54, 1.807) is 0 Å². The molecule has 1 saturated carbocycles. The molecule has 0 aliphatic heterocycles. The first-order valence-electron chi connectivity index (χ1n) is 6.39. The Balaban J connectivity index is 1.91. The molecule has 0 atom stereocenters. The third kappa shape index (κ3) is 3.08. The molecule has 0 bridgehead atoms. The molecule has 1 fully saturated rings. The molecule has 1 aliphatic rings. The second-order valence-corrected chi connectivity index (χ2v) is 5.70. The van der Waals surface area contributed by atoms with Gasteiger partial charge in [-0.15, -0.1) is 0 Å². The Hall–Kier alpha value is -0.820. The fraction of sp³-hybridized carbons (Fsp3) is 0.600. The summed E-state index contributed by atoms with van der Waals surface area (Å²) in [6, 6.07) is 9.62. The molecule has 1 aromatic carbocycles. The molecule has 2 rings (SSSR count). The highest BCUT2D eigenvalue weighted by Gasteiger charge is 2.41. The lowest BCUT2D eigenvalue weighted by Crippen LogP contribution is -2.30. The van der Waals surface area contributed by atoms with E-state index in [-0.39, 0.29) is 0 Å². The number of nitrogens with one attached hydrogen (secondary N) is 1. The molecule has 0 spiro atoms. The maximum absolute atomic E-state index is 3.58. The zero-order chi connectivity index (χ0) is 11.6. The summed E-state index contributed by atoms with van der Waals surface area (Å²) >= 11 is 0. The molecule has 16 heavy (non-hydrogen) atoms. The van der Waals surface area contributed by atoms with Crippen molar-refractivity contribution < 1.29 is 0 Å². The van der Waals surface area contributed by atoms with Crippen LogP contribution in [0.4, 0.5) is 0 Å². The van der Waals surface area contributed by atoms with Crippen LogP contribution in [-0.2, 0) is 6.42 Å². The molecule has 88 valence electrons. The van der Waals surface area contributed by atoms with E-state index in [1.165, 1.54) is 36.9 Å². The standard InChI is InChI=1S/C15H23N/c1-12(2)16-11-15(8-9-15)10-14-6-4-13(3)5-7-14/h4-7,12,16H,8-11H2,1-3H3. The predicted molar refractivity (Wildman–Crippen MR) is 69.7 cm³/mol. The topological polar surface area (TPSA) is 12.0 Å². The highest BCUT2D eigenvalue weighted by Crippen LogP contribution is 2.47. The zero-order valence-corrected chi connectivity index (χ0v) is 10.7. The highest BCUT2D eigenvalue weighted by molar-refractivity contribution is 5.23. The monoisotopic (exact) mass is 217 g/mol. The predicted octanol–water partition coefficient (Wildman–Crippen LogP) is 3.32. The molecule has 1 aromatic rings. The van der Waals surface area contributed by atoms with Crippen molar-refractivity contribution in [1.82, 2.24) is 5.32 Å². The summed E-state index contributed by atoms with van der Waals surface area (Å²) in [6.45, 7) is 7.78. The second kappa shape index (κ2) is 4.58. The fourth-order valence-corrected chi connectivity index (χ4v) is 2.15. The molecule has 0 amide bonds. The van der Waals surface area contributed by atoms with Crippen molar-refractivity contribution >= 4 is 0 Å². The van der Waals surface area contributed by atoms with Gasteiger partial charge in [0.2, 0.25) is 0 Å². The Kier molecular flexibility index (Phi) is 3.34. The first-order valence-corrected chi connectivity index (χ1v) is 6.39. The van der Waals surface area contributed by atoms with Crippen molar-refractivity contribution in [2.75, 3.05) is 6.54 Å². The lowest BCUT2D eigenvalue weighted by molar-refractivity contribution is 0.429. The van der Waals surface area contributed by atoms with Crippen LogP contribution in [0.3, 0.4) is 0 Å². The van der Waals surface area contributed by atoms with Gasteiger partial charge in [0.1, 0.15) is 0 Å². The van der Waals surface area contributed by atoms with Crippen molar-refractivity contribution in [1.29, 1.82) is 0 Å². The SMILES string of the molecule is Cc1ccc(CC2(CNC(C)C)CC2)cc1. The van der Waals surface area contributed by atoms with Crippen molar-refractivity contribution in [3.63, 3.8) is 0 Å². The largest absolute Gasteiger partial charge is 0.314 e. The van der Waals surface area contributed by atoms with E-state index in [0.717, 1.165) is 0 Å². The van der Waals surface area contributed by atoms with E-state index in [9.17, 15) is 0 Å². The van der Waals surface area contributed by atoms with Gasteiger partial charge in [-0.3, -0.25) is 0 Å². The van der Waals surface area contributed by atoms with Crippen LogP contribution in [0, 0.1) is 12.3 Å². The molecule has 1 heteroatoms. The number of aryl methyl sites for hydroxylation is 1. The Bertz CT molecular complexity index is 333. The summed E-state index contributed by atoms with van der Waals surface area (Å²) in [5.74, 6) is 0. The van der Waals surface area contributed by atoms with E-state index < -0.39 is 0 Å². The molecule has 1 aliphatic carbocycles. The van der Waals surface area contributed by atoms with Crippen LogP contribution >= 0.6 is 0 Å². The van der Waals surface area contributed by atoms with Gasteiger partial charge in [0.15, 0.2) is 0 Å². The van der Waals surface area contributed by atoms with Gasteiger partial charge in [0.25, 0.3) is 0 Å². The van der Waals surface area contributed by atoms with E-state index >= 15 is 0 Å². The van der Waals surface area contributed by atoms with Crippen LogP contribution < -0.4 is 5.32 Å². The molecule has 0 unspecified atom stereocenters. The van der Waals surface area contributed by atoms with Crippen LogP contribution in [0.1, 0.15) is 37.8 Å². The Labute approximate surface area is 99.3 Å². The minimum Gasteiger partial charge on any atom is -0.314 e. The maximum Gasteiger partial charge on any atom is 0.00134 e. The lowest BCUT2D eigenvalue weighted by Gasteiger charge is -2.18. The van der Waals surface area contributed by atoms with Gasteiger partial charge in [-0.25, -0.2) is 0 Å². The van der Waals surface area contributed by atoms with Crippen molar-refractivity contribution in [2.24, 2.45) is 5.41 Å². The molecular weight excluding hydrogens is 194 g/mol. The van der Waals surface area contributed by atoms with Crippen LogP contribution in [-0.4, -0.2) is 12.6 Å². The van der Waals surface area contributed by atoms with E-state index in [4.69, 9.17) is 0 Å². The summed E-state index contributed by atoms with van der Waals surface area (Å²) in [7, 11) is 0. The molecular formula is C15H23N. The van der Waals surface area contributed by atoms with Crippen LogP contribution in [0.2, 0.25) is 0 Å². The third-order valence-corrected chi connectivity index (χ3v) is 3.54. The van der Waals surface area contributed by atoms with Gasteiger partial charge < -0.3 is 5.32 Å². The lowest BCUT2D eigenvalue weighted by atomic mass is 9.95. The number of hydrogen-bond acceptors (Lipinski definition) is 1. The van der Waals surface area contributed by atoms with Crippen LogP contribution in [0.15, 0.2) is 24.3 Å². The molecule has 1 nitrogen and oxygen atoms in total. The summed E-state index contributed by atoms with van der Waals surface area (Å²) in [6.07, 6.45) is 4.02. The van der Waals surface area contributed by atoms with Crippen molar-refractivity contribution in [3.8, 4) is 0 Å². The van der Waals surface area contributed by atoms with Gasteiger partial charge in [0.05, 0.1) is 0 Å². The minimum absolute atomic E-state index is 0.569. The normalized spacial score (nSPS) is 17.8. The fourth-order valence-electron chi connectivity index (χ4n) is 2.15. The average Bonchev–Trinajstić information content (AvgIpc) is 3.00. The minimum atomic E-state index is 0.569. The summed E-state index contributed by atoms with van der Waals surface area (Å²) in [4.78, 5) is 0. The van der Waals surface area contributed by atoms with Gasteiger partial charge in [0, 0.05) is 12.6 Å². The molecule has 0 radical (unpaired) electrons. The first kappa shape index (κ1) is 11.7. The third-order valence-electron chi connectivity index (χ3n) is 3.54. The molecule has 1 N–H and O–H groups in total. The molecule has 0 saturated heterocycles. The zero-order valence-electron chi connectivity index (χ0n) is 10.7. The average molecular weight is 217 g/mol. The summed E-state index contributed by atoms with van der Waals surface area (Å²) in [5, 5.41) is 3.58. The van der Waals surface area contributed by atoms with E-state index in [2.05, 4.69) is 50.4 Å². The number of rotatable bonds is 5. The van der Waals surface area contributed by atoms with Crippen molar-refractivity contribution in [2.45, 2.75) is 46.1 Å². The number of hydrogen-bond donors (Lipinski definition) is 1. The second-order valence-electron chi connectivity index (χ2n) is 5.70. The van der Waals surface area contributed by atoms with E-state index in [1.807, 2.05) is 0 Å². The smallest absolute Gasteiger partial charge is 0.00134 e. The summed E-state index contributed by atoms with van der Waals surface area (Å²) in [5.41, 5.74) is 3.42. The number of benzene rings is 1. The Morgan fingerprint density at radius 2 is 1.81 bits per heavy atom. The maximum atomic E-state index is 3.58. The van der Waals surface area contributed by atoms with Crippen molar-refractivity contribution in [3.05, 3.63) is 35.4 Å². The first-order chi connectivity index (χ1) is 7.60. The molecule has 0 heterocycles. The van der Waals surface area contributed by atoms with Gasteiger partial charge in [-0.05, 0) is 37.2 Å². The quantitative estimate of drug-likeness (QED) is 0.798. The van der Waals surface area contributed by atoms with Gasteiger partial charge in [-0.2, -0.15) is 0 Å². The van der Waals surface area contributed by atoms with Crippen LogP contribution in [0.5, 0.6) is 0 Å². The van der Waals surface area contributed by atoms with E-state index in [0.29, 0.717) is 11.5 Å². The molecule has 0 aromatic heterocycles. The van der Waals surface area contributed by atoms with Crippen LogP contribution in [0.25, 0.3) is 0 Å². The van der Waals surface area contributed by atoms with Gasteiger partial charge >= 0.3 is 0 Å². The highest BCUT2D eigenvalue weighted by atomic mass is 14.9. The Morgan fingerprint density at radius 3 is 2.31 bits per heavy atom. The van der Waals surface area contributed by atoms with Gasteiger partial charge in [-0.1, -0.05) is 43.7 Å². The summed E-state index contributed by atoms with van der Waals surface area (Å²) < 4.78 is 0. The Morgan fingerprint density at radius 1 is 1.19 bits per heavy atom.